The molecule has 0 spiro atoms. The Bertz CT molecular complexity index is 1290. The molecule has 34 heavy (non-hydrogen) atoms. The quantitative estimate of drug-likeness (QED) is 0.396. The van der Waals surface area contributed by atoms with Crippen LogP contribution in [0.25, 0.3) is 0 Å². The number of ether oxygens (including phenoxy) is 1. The van der Waals surface area contributed by atoms with Gasteiger partial charge in [-0.05, 0) is 81.5 Å². The standard InChI is InChI=1S/C26H31ClN2O4S/c1-7-33-26(30)24-19(5)23(20(6)28-24)15-29(14-21-8-10-22(27)11-9-21)34(31,32)25-17(3)12-16(2)13-18(25)4/h8-13,28H,7,14-15H2,1-6H3. The Balaban J connectivity index is 2.11. The molecule has 0 unspecified atom stereocenters. The Morgan fingerprint density at radius 1 is 1.00 bits per heavy atom. The minimum absolute atomic E-state index is 0.102. The van der Waals surface area contributed by atoms with Crippen LogP contribution in [0.3, 0.4) is 0 Å². The summed E-state index contributed by atoms with van der Waals surface area (Å²) < 4.78 is 34.7. The molecule has 2 aromatic carbocycles. The second-order valence-electron chi connectivity index (χ2n) is 8.58. The molecule has 182 valence electrons. The van der Waals surface area contributed by atoms with E-state index in [1.807, 2.05) is 52.0 Å². The van der Waals surface area contributed by atoms with Gasteiger partial charge in [-0.3, -0.25) is 0 Å². The molecule has 3 aromatic rings. The Morgan fingerprint density at radius 2 is 1.59 bits per heavy atom. The normalized spacial score (nSPS) is 11.8. The number of aryl methyl sites for hydroxylation is 4. The van der Waals surface area contributed by atoms with Crippen LogP contribution in [0.4, 0.5) is 0 Å². The van der Waals surface area contributed by atoms with Gasteiger partial charge in [-0.1, -0.05) is 41.4 Å². The molecule has 0 bridgehead atoms. The average molecular weight is 503 g/mol. The predicted octanol–water partition coefficient (Wildman–Crippen LogP) is 5.78. The van der Waals surface area contributed by atoms with Crippen LogP contribution in [0.5, 0.6) is 0 Å². The highest BCUT2D eigenvalue weighted by molar-refractivity contribution is 7.89. The zero-order chi connectivity index (χ0) is 25.2. The Morgan fingerprint density at radius 3 is 2.15 bits per heavy atom. The summed E-state index contributed by atoms with van der Waals surface area (Å²) >= 11 is 6.04. The van der Waals surface area contributed by atoms with Gasteiger partial charge in [0.05, 0.1) is 11.5 Å². The highest BCUT2D eigenvalue weighted by Crippen LogP contribution is 2.30. The summed E-state index contributed by atoms with van der Waals surface area (Å²) in [5.74, 6) is -0.452. The Hall–Kier alpha value is -2.61. The fraction of sp³-hybridized carbons (Fsp3) is 0.346. The van der Waals surface area contributed by atoms with Gasteiger partial charge < -0.3 is 9.72 Å². The maximum Gasteiger partial charge on any atom is 0.355 e. The topological polar surface area (TPSA) is 79.5 Å². The van der Waals surface area contributed by atoms with Crippen LogP contribution >= 0.6 is 11.6 Å². The number of aromatic nitrogens is 1. The van der Waals surface area contributed by atoms with Gasteiger partial charge in [-0.15, -0.1) is 0 Å². The van der Waals surface area contributed by atoms with Crippen molar-refractivity contribution in [2.24, 2.45) is 0 Å². The molecule has 0 aliphatic rings. The van der Waals surface area contributed by atoms with Crippen LogP contribution in [0, 0.1) is 34.6 Å². The molecule has 6 nitrogen and oxygen atoms in total. The SMILES string of the molecule is CCOC(=O)c1[nH]c(C)c(CN(Cc2ccc(Cl)cc2)S(=O)(=O)c2c(C)cc(C)cc2C)c1C. The minimum atomic E-state index is -3.87. The molecule has 0 aliphatic heterocycles. The van der Waals surface area contributed by atoms with E-state index in [2.05, 4.69) is 4.98 Å². The second kappa shape index (κ2) is 10.3. The Kier molecular flexibility index (Phi) is 7.91. The summed E-state index contributed by atoms with van der Waals surface area (Å²) in [5, 5.41) is 0.583. The van der Waals surface area contributed by atoms with E-state index in [0.717, 1.165) is 22.4 Å². The molecule has 0 aliphatic carbocycles. The van der Waals surface area contributed by atoms with Crippen LogP contribution in [-0.4, -0.2) is 30.3 Å². The zero-order valence-electron chi connectivity index (χ0n) is 20.5. The lowest BCUT2D eigenvalue weighted by Gasteiger charge is -2.25. The van der Waals surface area contributed by atoms with Gasteiger partial charge in [0, 0.05) is 23.8 Å². The Labute approximate surface area is 207 Å². The number of nitrogens with zero attached hydrogens (tertiary/aromatic N) is 1. The van der Waals surface area contributed by atoms with Crippen LogP contribution in [0.2, 0.25) is 5.02 Å². The van der Waals surface area contributed by atoms with Crippen LogP contribution in [0.1, 0.15) is 56.5 Å². The van der Waals surface area contributed by atoms with Gasteiger partial charge in [0.15, 0.2) is 0 Å². The van der Waals surface area contributed by atoms with E-state index in [1.54, 1.807) is 26.0 Å². The van der Waals surface area contributed by atoms with Crippen molar-refractivity contribution >= 4 is 27.6 Å². The monoisotopic (exact) mass is 502 g/mol. The number of carbonyl (C=O) groups excluding carboxylic acids is 1. The summed E-state index contributed by atoms with van der Waals surface area (Å²) in [6, 6.07) is 10.9. The molecule has 8 heteroatoms. The smallest absolute Gasteiger partial charge is 0.355 e. The van der Waals surface area contributed by atoms with E-state index in [4.69, 9.17) is 16.3 Å². The number of nitrogens with one attached hydrogen (secondary N) is 1. The molecular weight excluding hydrogens is 472 g/mol. The number of esters is 1. The number of benzene rings is 2. The van der Waals surface area contributed by atoms with Gasteiger partial charge in [-0.25, -0.2) is 13.2 Å². The molecule has 0 saturated carbocycles. The van der Waals surface area contributed by atoms with Crippen molar-refractivity contribution < 1.29 is 17.9 Å². The molecule has 3 rings (SSSR count). The van der Waals surface area contributed by atoms with E-state index >= 15 is 0 Å². The molecule has 1 aromatic heterocycles. The van der Waals surface area contributed by atoms with Crippen molar-refractivity contribution in [3.8, 4) is 0 Å². The first-order valence-electron chi connectivity index (χ1n) is 11.1. The third-order valence-electron chi connectivity index (χ3n) is 5.88. The summed E-state index contributed by atoms with van der Waals surface area (Å²) in [7, 11) is -3.87. The van der Waals surface area contributed by atoms with Crippen molar-refractivity contribution in [1.29, 1.82) is 0 Å². The first-order chi connectivity index (χ1) is 15.9. The lowest BCUT2D eigenvalue weighted by atomic mass is 10.1. The molecule has 0 fully saturated rings. The lowest BCUT2D eigenvalue weighted by molar-refractivity contribution is 0.0519. The largest absolute Gasteiger partial charge is 0.461 e. The van der Waals surface area contributed by atoms with Crippen LogP contribution in [0.15, 0.2) is 41.3 Å². The van der Waals surface area contributed by atoms with E-state index in [-0.39, 0.29) is 19.7 Å². The van der Waals surface area contributed by atoms with Crippen molar-refractivity contribution in [3.05, 3.63) is 86.2 Å². The second-order valence-corrected chi connectivity index (χ2v) is 10.9. The molecule has 0 radical (unpaired) electrons. The number of halogens is 1. The molecule has 0 saturated heterocycles. The first kappa shape index (κ1) is 26.0. The van der Waals surface area contributed by atoms with Gasteiger partial charge in [0.2, 0.25) is 10.0 Å². The van der Waals surface area contributed by atoms with E-state index in [9.17, 15) is 13.2 Å². The molecule has 0 amide bonds. The minimum Gasteiger partial charge on any atom is -0.461 e. The van der Waals surface area contributed by atoms with Crippen molar-refractivity contribution in [1.82, 2.24) is 9.29 Å². The number of sulfonamides is 1. The first-order valence-corrected chi connectivity index (χ1v) is 12.9. The molecule has 0 atom stereocenters. The number of carbonyl (C=O) groups is 1. The number of H-pyrrole nitrogens is 1. The summed E-state index contributed by atoms with van der Waals surface area (Å²) in [4.78, 5) is 15.8. The highest BCUT2D eigenvalue weighted by atomic mass is 35.5. The van der Waals surface area contributed by atoms with E-state index < -0.39 is 16.0 Å². The van der Waals surface area contributed by atoms with Crippen molar-refractivity contribution in [3.63, 3.8) is 0 Å². The van der Waals surface area contributed by atoms with Crippen molar-refractivity contribution in [2.75, 3.05) is 6.61 Å². The summed E-state index contributed by atoms with van der Waals surface area (Å²) in [5.41, 5.74) is 5.74. The number of hydrogen-bond donors (Lipinski definition) is 1. The van der Waals surface area contributed by atoms with E-state index in [1.165, 1.54) is 4.31 Å². The van der Waals surface area contributed by atoms with Gasteiger partial charge in [0.1, 0.15) is 5.69 Å². The lowest BCUT2D eigenvalue weighted by Crippen LogP contribution is -2.31. The maximum atomic E-state index is 14.0. The molecule has 1 heterocycles. The van der Waals surface area contributed by atoms with Gasteiger partial charge in [0.25, 0.3) is 0 Å². The molecule has 1 N–H and O–H groups in total. The summed E-state index contributed by atoms with van der Waals surface area (Å²) in [6.07, 6.45) is 0. The highest BCUT2D eigenvalue weighted by Gasteiger charge is 2.30. The fourth-order valence-corrected chi connectivity index (χ4v) is 6.27. The fourth-order valence-electron chi connectivity index (χ4n) is 4.33. The number of hydrogen-bond acceptors (Lipinski definition) is 4. The van der Waals surface area contributed by atoms with Gasteiger partial charge >= 0.3 is 5.97 Å². The predicted molar refractivity (Wildman–Crippen MR) is 135 cm³/mol. The third kappa shape index (κ3) is 5.37. The summed E-state index contributed by atoms with van der Waals surface area (Å²) in [6.45, 7) is 11.5. The zero-order valence-corrected chi connectivity index (χ0v) is 22.0. The average Bonchev–Trinajstić information content (AvgIpc) is 3.02. The van der Waals surface area contributed by atoms with Crippen molar-refractivity contribution in [2.45, 2.75) is 59.5 Å². The van der Waals surface area contributed by atoms with Crippen LogP contribution in [-0.2, 0) is 27.8 Å². The number of aromatic amines is 1. The molecular formula is C26H31ClN2O4S. The van der Waals surface area contributed by atoms with Crippen LogP contribution < -0.4 is 0 Å². The third-order valence-corrected chi connectivity index (χ3v) is 8.23. The van der Waals surface area contributed by atoms with Gasteiger partial charge in [-0.2, -0.15) is 4.31 Å². The van der Waals surface area contributed by atoms with E-state index in [0.29, 0.717) is 32.3 Å². The number of rotatable bonds is 8. The maximum absolute atomic E-state index is 14.0.